The number of benzene rings is 1. The maximum Gasteiger partial charge on any atom is 0.338 e. The molecule has 1 atom stereocenters. The van der Waals surface area contributed by atoms with Gasteiger partial charge in [-0.3, -0.25) is 4.79 Å². The van der Waals surface area contributed by atoms with E-state index in [1.54, 1.807) is 0 Å². The molecule has 1 aliphatic heterocycles. The van der Waals surface area contributed by atoms with Crippen LogP contribution in [0.25, 0.3) is 0 Å². The maximum atomic E-state index is 13.1. The molecule has 1 heterocycles. The molecule has 0 spiro atoms. The van der Waals surface area contributed by atoms with E-state index in [0.717, 1.165) is 19.3 Å². The van der Waals surface area contributed by atoms with Crippen molar-refractivity contribution in [2.75, 3.05) is 27.3 Å². The molecule has 1 fully saturated rings. The molecule has 1 saturated heterocycles. The third-order valence-corrected chi connectivity index (χ3v) is 6.38. The highest BCUT2D eigenvalue weighted by atomic mass is 32.2. The van der Waals surface area contributed by atoms with Gasteiger partial charge in [0.25, 0.3) is 5.91 Å². The van der Waals surface area contributed by atoms with Gasteiger partial charge in [0.2, 0.25) is 10.0 Å². The molecule has 1 N–H and O–H groups in total. The van der Waals surface area contributed by atoms with Crippen molar-refractivity contribution >= 4 is 21.9 Å². The van der Waals surface area contributed by atoms with Gasteiger partial charge >= 0.3 is 5.97 Å². The van der Waals surface area contributed by atoms with Gasteiger partial charge in [-0.2, -0.15) is 4.31 Å². The minimum Gasteiger partial charge on any atom is -0.495 e. The van der Waals surface area contributed by atoms with E-state index in [2.05, 4.69) is 5.32 Å². The second-order valence-electron chi connectivity index (χ2n) is 6.08. The van der Waals surface area contributed by atoms with E-state index < -0.39 is 28.5 Å². The Labute approximate surface area is 153 Å². The number of hydrogen-bond acceptors (Lipinski definition) is 6. The van der Waals surface area contributed by atoms with E-state index in [-0.39, 0.29) is 22.3 Å². The van der Waals surface area contributed by atoms with Gasteiger partial charge in [0.05, 0.1) is 12.7 Å². The zero-order valence-electron chi connectivity index (χ0n) is 15.1. The van der Waals surface area contributed by atoms with Gasteiger partial charge in [0, 0.05) is 19.6 Å². The molecule has 2 rings (SSSR count). The van der Waals surface area contributed by atoms with E-state index in [0.29, 0.717) is 6.54 Å². The van der Waals surface area contributed by atoms with Crippen LogP contribution in [0, 0.1) is 0 Å². The van der Waals surface area contributed by atoms with Crippen LogP contribution in [0.2, 0.25) is 0 Å². The highest BCUT2D eigenvalue weighted by Gasteiger charge is 2.33. The van der Waals surface area contributed by atoms with Gasteiger partial charge in [0.1, 0.15) is 10.6 Å². The van der Waals surface area contributed by atoms with Gasteiger partial charge in [-0.1, -0.05) is 6.42 Å². The first-order valence-electron chi connectivity index (χ1n) is 8.39. The van der Waals surface area contributed by atoms with Crippen molar-refractivity contribution in [1.29, 1.82) is 0 Å². The predicted molar refractivity (Wildman–Crippen MR) is 94.5 cm³/mol. The topological polar surface area (TPSA) is 102 Å². The SMILES string of the molecule is CNC(=O)COC(=O)c1ccc(OC)c(S(=O)(=O)N2CCCC[C@@H]2C)c1. The molecule has 0 radical (unpaired) electrons. The summed E-state index contributed by atoms with van der Waals surface area (Å²) in [5.74, 6) is -1.08. The number of piperidine rings is 1. The fourth-order valence-corrected chi connectivity index (χ4v) is 4.73. The lowest BCUT2D eigenvalue weighted by atomic mass is 10.1. The number of hydrogen-bond donors (Lipinski definition) is 1. The summed E-state index contributed by atoms with van der Waals surface area (Å²) in [5, 5.41) is 2.33. The summed E-state index contributed by atoms with van der Waals surface area (Å²) in [6, 6.07) is 3.94. The van der Waals surface area contributed by atoms with Crippen LogP contribution >= 0.6 is 0 Å². The molecular formula is C17H24N2O6S. The third kappa shape index (κ3) is 4.34. The minimum absolute atomic E-state index is 0.0398. The first kappa shape index (κ1) is 20.2. The number of methoxy groups -OCH3 is 1. The molecule has 26 heavy (non-hydrogen) atoms. The van der Waals surface area contributed by atoms with E-state index in [4.69, 9.17) is 9.47 Å². The Balaban J connectivity index is 2.34. The Kier molecular flexibility index (Phi) is 6.60. The van der Waals surface area contributed by atoms with Crippen LogP contribution in [-0.2, 0) is 19.6 Å². The number of esters is 1. The zero-order chi connectivity index (χ0) is 19.3. The number of nitrogens with one attached hydrogen (secondary N) is 1. The van der Waals surface area contributed by atoms with Gasteiger partial charge in [0.15, 0.2) is 6.61 Å². The van der Waals surface area contributed by atoms with Crippen LogP contribution in [0.3, 0.4) is 0 Å². The van der Waals surface area contributed by atoms with Crippen molar-refractivity contribution in [2.45, 2.75) is 37.1 Å². The molecule has 1 aliphatic rings. The largest absolute Gasteiger partial charge is 0.495 e. The third-order valence-electron chi connectivity index (χ3n) is 4.34. The average Bonchev–Trinajstić information content (AvgIpc) is 2.65. The number of rotatable bonds is 6. The summed E-state index contributed by atoms with van der Waals surface area (Å²) in [6.07, 6.45) is 2.56. The first-order chi connectivity index (χ1) is 12.3. The Morgan fingerprint density at radius 1 is 1.31 bits per heavy atom. The number of sulfonamides is 1. The van der Waals surface area contributed by atoms with E-state index in [1.807, 2.05) is 6.92 Å². The van der Waals surface area contributed by atoms with Gasteiger partial charge in [-0.25, -0.2) is 13.2 Å². The van der Waals surface area contributed by atoms with Crippen molar-refractivity contribution in [3.63, 3.8) is 0 Å². The monoisotopic (exact) mass is 384 g/mol. The standard InChI is InChI=1S/C17H24N2O6S/c1-12-6-4-5-9-19(12)26(22,23)15-10-13(7-8-14(15)24-3)17(21)25-11-16(20)18-2/h7-8,10,12H,4-6,9,11H2,1-3H3,(H,18,20)/t12-/m0/s1. The lowest BCUT2D eigenvalue weighted by molar-refractivity contribution is -0.123. The fraction of sp³-hybridized carbons (Fsp3) is 0.529. The summed E-state index contributed by atoms with van der Waals surface area (Å²) in [7, 11) is -1.03. The lowest BCUT2D eigenvalue weighted by Gasteiger charge is -2.32. The van der Waals surface area contributed by atoms with Crippen LogP contribution in [-0.4, -0.2) is 58.0 Å². The Morgan fingerprint density at radius 3 is 2.65 bits per heavy atom. The van der Waals surface area contributed by atoms with Crippen LogP contribution < -0.4 is 10.1 Å². The van der Waals surface area contributed by atoms with E-state index >= 15 is 0 Å². The highest BCUT2D eigenvalue weighted by Crippen LogP contribution is 2.31. The molecule has 1 aromatic carbocycles. The fourth-order valence-electron chi connectivity index (χ4n) is 2.85. The van der Waals surface area contributed by atoms with Crippen molar-refractivity contribution < 1.29 is 27.5 Å². The Bertz CT molecular complexity index is 777. The van der Waals surface area contributed by atoms with Crippen molar-refractivity contribution in [3.05, 3.63) is 23.8 Å². The molecule has 0 aromatic heterocycles. The van der Waals surface area contributed by atoms with Crippen molar-refractivity contribution in [3.8, 4) is 5.75 Å². The lowest BCUT2D eigenvalue weighted by Crippen LogP contribution is -2.42. The second kappa shape index (κ2) is 8.50. The van der Waals surface area contributed by atoms with Crippen LogP contribution in [0.1, 0.15) is 36.5 Å². The molecule has 1 aromatic rings. The highest BCUT2D eigenvalue weighted by molar-refractivity contribution is 7.89. The number of nitrogens with zero attached hydrogens (tertiary/aromatic N) is 1. The first-order valence-corrected chi connectivity index (χ1v) is 9.83. The van der Waals surface area contributed by atoms with Crippen molar-refractivity contribution in [2.24, 2.45) is 0 Å². The number of carbonyl (C=O) groups is 2. The molecular weight excluding hydrogens is 360 g/mol. The van der Waals surface area contributed by atoms with Crippen LogP contribution in [0.4, 0.5) is 0 Å². The molecule has 1 amide bonds. The average molecular weight is 384 g/mol. The summed E-state index contributed by atoms with van der Waals surface area (Å²) in [5.41, 5.74) is 0.0398. The molecule has 0 saturated carbocycles. The van der Waals surface area contributed by atoms with Crippen LogP contribution in [0.15, 0.2) is 23.1 Å². The number of ether oxygens (including phenoxy) is 2. The van der Waals surface area contributed by atoms with E-state index in [9.17, 15) is 18.0 Å². The Hall–Kier alpha value is -2.13. The summed E-state index contributed by atoms with van der Waals surface area (Å²) >= 11 is 0. The number of carbonyl (C=O) groups excluding carboxylic acids is 2. The molecule has 8 nitrogen and oxygen atoms in total. The molecule has 9 heteroatoms. The maximum absolute atomic E-state index is 13.1. The predicted octanol–water partition coefficient (Wildman–Crippen LogP) is 1.16. The quantitative estimate of drug-likeness (QED) is 0.739. The van der Waals surface area contributed by atoms with Gasteiger partial charge in [-0.05, 0) is 38.0 Å². The van der Waals surface area contributed by atoms with Gasteiger partial charge < -0.3 is 14.8 Å². The molecule has 0 aliphatic carbocycles. The summed E-state index contributed by atoms with van der Waals surface area (Å²) < 4.78 is 37.7. The zero-order valence-corrected chi connectivity index (χ0v) is 16.0. The minimum atomic E-state index is -3.82. The summed E-state index contributed by atoms with van der Waals surface area (Å²) in [6.45, 7) is 1.86. The molecule has 144 valence electrons. The smallest absolute Gasteiger partial charge is 0.338 e. The summed E-state index contributed by atoms with van der Waals surface area (Å²) in [4.78, 5) is 23.3. The number of likely N-dealkylation sites (N-methyl/N-ethyl adjacent to an activating group) is 1. The van der Waals surface area contributed by atoms with Crippen LogP contribution in [0.5, 0.6) is 5.75 Å². The normalized spacial score (nSPS) is 18.2. The molecule has 0 unspecified atom stereocenters. The molecule has 0 bridgehead atoms. The van der Waals surface area contributed by atoms with Crippen molar-refractivity contribution in [1.82, 2.24) is 9.62 Å². The second-order valence-corrected chi connectivity index (χ2v) is 7.93. The van der Waals surface area contributed by atoms with E-state index in [1.165, 1.54) is 36.7 Å². The number of amides is 1. The Morgan fingerprint density at radius 2 is 2.04 bits per heavy atom. The van der Waals surface area contributed by atoms with Gasteiger partial charge in [-0.15, -0.1) is 0 Å².